The number of nitrogens with zero attached hydrogens (tertiary/aromatic N) is 1. The molecular weight excluding hydrogens is 510 g/mol. The molecule has 0 atom stereocenters. The molecule has 0 aliphatic rings. The van der Waals surface area contributed by atoms with Crippen LogP contribution >= 0.6 is 57.4 Å². The Bertz CT molecular complexity index is 548. The fourth-order valence-electron chi connectivity index (χ4n) is 0.968. The molecule has 0 amide bonds. The highest BCUT2D eigenvalue weighted by molar-refractivity contribution is 14.1. The van der Waals surface area contributed by atoms with Crippen molar-refractivity contribution in [1.29, 1.82) is 0 Å². The fraction of sp³-hybridized carbons (Fsp3) is 0.100. The summed E-state index contributed by atoms with van der Waals surface area (Å²) in [7, 11) is 1.90. The highest BCUT2D eigenvalue weighted by Crippen LogP contribution is 2.26. The Hall–Kier alpha value is -0.170. The maximum atomic E-state index is 12.6. The summed E-state index contributed by atoms with van der Waals surface area (Å²) in [6.07, 6.45) is 3.69. The van der Waals surface area contributed by atoms with Crippen molar-refractivity contribution in [2.45, 2.75) is 0 Å². The van der Waals surface area contributed by atoms with E-state index in [0.717, 1.165) is 4.77 Å². The number of hydrogen-bond acceptors (Lipinski definition) is 1. The lowest BCUT2D eigenvalue weighted by Gasteiger charge is -2.02. The van der Waals surface area contributed by atoms with Crippen molar-refractivity contribution in [2.24, 2.45) is 7.05 Å². The molecule has 1 N–H and O–H groups in total. The average molecular weight is 516 g/mol. The van der Waals surface area contributed by atoms with Crippen molar-refractivity contribution in [3.63, 3.8) is 0 Å². The first-order valence-corrected chi connectivity index (χ1v) is 7.20. The van der Waals surface area contributed by atoms with Crippen LogP contribution in [0.1, 0.15) is 0 Å². The first-order chi connectivity index (χ1) is 8.77. The summed E-state index contributed by atoms with van der Waals surface area (Å²) in [6.45, 7) is 0. The second-order valence-corrected chi connectivity index (χ2v) is 5.80. The molecule has 1 heterocycles. The number of aromatic nitrogens is 2. The lowest BCUT2D eigenvalue weighted by atomic mass is 10.3. The molecule has 1 aromatic heterocycles. The molecule has 9 heteroatoms. The van der Waals surface area contributed by atoms with Crippen molar-refractivity contribution < 1.29 is 17.6 Å². The van der Waals surface area contributed by atoms with Crippen LogP contribution in [0, 0.1) is 35.2 Å². The van der Waals surface area contributed by atoms with Gasteiger partial charge in [-0.15, -0.1) is 0 Å². The first-order valence-electron chi connectivity index (χ1n) is 4.64. The predicted molar refractivity (Wildman–Crippen MR) is 82.3 cm³/mol. The minimum absolute atomic E-state index is 0.246. The van der Waals surface area contributed by atoms with Crippen molar-refractivity contribution >= 4 is 57.4 Å². The van der Waals surface area contributed by atoms with E-state index in [0.29, 0.717) is 0 Å². The molecule has 2 nitrogen and oxygen atoms in total. The van der Waals surface area contributed by atoms with Crippen molar-refractivity contribution in [2.75, 3.05) is 0 Å². The lowest BCUT2D eigenvalue weighted by molar-refractivity contribution is 0.402. The van der Waals surface area contributed by atoms with Crippen LogP contribution in [0.4, 0.5) is 17.6 Å². The SMILES string of the molecule is Cn1cc[nH]c1=S.Fc1c(F)c(F)c(I)c(I)c1F. The van der Waals surface area contributed by atoms with Crippen LogP contribution in [0.15, 0.2) is 12.4 Å². The summed E-state index contributed by atoms with van der Waals surface area (Å²) in [6, 6.07) is 0. The Morgan fingerprint density at radius 2 is 1.42 bits per heavy atom. The summed E-state index contributed by atoms with van der Waals surface area (Å²) < 4.78 is 52.3. The van der Waals surface area contributed by atoms with E-state index in [1.807, 2.05) is 24.0 Å². The third-order valence-electron chi connectivity index (χ3n) is 1.98. The predicted octanol–water partition coefficient (Wildman–Crippen LogP) is 4.53. The zero-order valence-corrected chi connectivity index (χ0v) is 14.4. The number of nitrogens with one attached hydrogen (secondary N) is 1. The van der Waals surface area contributed by atoms with E-state index in [2.05, 4.69) is 4.98 Å². The fourth-order valence-corrected chi connectivity index (χ4v) is 2.04. The van der Waals surface area contributed by atoms with Gasteiger partial charge in [-0.3, -0.25) is 0 Å². The van der Waals surface area contributed by atoms with Gasteiger partial charge in [0.15, 0.2) is 28.0 Å². The number of halogens is 6. The van der Waals surface area contributed by atoms with Gasteiger partial charge in [-0.05, 0) is 57.4 Å². The molecule has 0 spiro atoms. The molecule has 0 saturated carbocycles. The van der Waals surface area contributed by atoms with Crippen molar-refractivity contribution in [3.8, 4) is 0 Å². The van der Waals surface area contributed by atoms with E-state index in [9.17, 15) is 17.6 Å². The summed E-state index contributed by atoms with van der Waals surface area (Å²) >= 11 is 7.61. The van der Waals surface area contributed by atoms with E-state index >= 15 is 0 Å². The molecule has 0 aliphatic heterocycles. The van der Waals surface area contributed by atoms with Gasteiger partial charge < -0.3 is 9.55 Å². The highest BCUT2D eigenvalue weighted by atomic mass is 127. The standard InChI is InChI=1S/C6F4I2.C4H6N2S/c7-1-2(8)4(10)6(12)5(11)3(1)9;1-6-3-2-5-4(6)7/h;2-3H,1H3,(H,5,7). The number of imidazole rings is 1. The van der Waals surface area contributed by atoms with Gasteiger partial charge in [0.25, 0.3) is 0 Å². The molecule has 0 fully saturated rings. The molecule has 104 valence electrons. The smallest absolute Gasteiger partial charge is 0.198 e. The second-order valence-electron chi connectivity index (χ2n) is 3.26. The van der Waals surface area contributed by atoms with Crippen LogP contribution < -0.4 is 0 Å². The van der Waals surface area contributed by atoms with Gasteiger partial charge in [-0.1, -0.05) is 0 Å². The number of hydrogen-bond donors (Lipinski definition) is 1. The normalized spacial score (nSPS) is 10.1. The molecule has 2 aromatic rings. The van der Waals surface area contributed by atoms with Gasteiger partial charge in [-0.25, -0.2) is 17.6 Å². The average Bonchev–Trinajstić information content (AvgIpc) is 2.77. The minimum Gasteiger partial charge on any atom is -0.337 e. The van der Waals surface area contributed by atoms with E-state index in [1.165, 1.54) is 45.2 Å². The zero-order valence-electron chi connectivity index (χ0n) is 9.28. The van der Waals surface area contributed by atoms with Crippen LogP contribution in [0.2, 0.25) is 0 Å². The highest BCUT2D eigenvalue weighted by Gasteiger charge is 2.21. The molecule has 0 bridgehead atoms. The van der Waals surface area contributed by atoms with Crippen molar-refractivity contribution in [3.05, 3.63) is 47.6 Å². The third kappa shape index (κ3) is 3.90. The van der Waals surface area contributed by atoms with Crippen LogP contribution in [0.3, 0.4) is 0 Å². The third-order valence-corrected chi connectivity index (χ3v) is 5.45. The molecule has 1 aromatic carbocycles. The molecule has 2 rings (SSSR count). The van der Waals surface area contributed by atoms with Gasteiger partial charge >= 0.3 is 0 Å². The summed E-state index contributed by atoms with van der Waals surface area (Å²) in [5.74, 6) is -6.23. The van der Waals surface area contributed by atoms with Crippen LogP contribution in [0.25, 0.3) is 0 Å². The lowest BCUT2D eigenvalue weighted by Crippen LogP contribution is -2.02. The molecule has 19 heavy (non-hydrogen) atoms. The zero-order chi connectivity index (χ0) is 14.7. The number of H-pyrrole nitrogens is 1. The van der Waals surface area contributed by atoms with E-state index in [-0.39, 0.29) is 7.14 Å². The molecule has 0 aliphatic carbocycles. The van der Waals surface area contributed by atoms with Crippen LogP contribution in [-0.4, -0.2) is 9.55 Å². The van der Waals surface area contributed by atoms with E-state index < -0.39 is 23.3 Å². The summed E-state index contributed by atoms with van der Waals surface area (Å²) in [4.78, 5) is 2.85. The number of aryl methyl sites for hydroxylation is 1. The van der Waals surface area contributed by atoms with Gasteiger partial charge in [0.2, 0.25) is 0 Å². The van der Waals surface area contributed by atoms with Crippen molar-refractivity contribution in [1.82, 2.24) is 9.55 Å². The number of rotatable bonds is 0. The quantitative estimate of drug-likeness (QED) is 0.180. The Morgan fingerprint density at radius 1 is 1.00 bits per heavy atom. The summed E-state index contributed by atoms with van der Waals surface area (Å²) in [5, 5.41) is 0. The van der Waals surface area contributed by atoms with E-state index in [4.69, 9.17) is 12.2 Å². The largest absolute Gasteiger partial charge is 0.337 e. The van der Waals surface area contributed by atoms with Gasteiger partial charge in [0, 0.05) is 19.4 Å². The molecular formula is C10H6F4I2N2S. The minimum atomic E-state index is -1.77. The van der Waals surface area contributed by atoms with Crippen LogP contribution in [-0.2, 0) is 7.05 Å². The Kier molecular flexibility index (Phi) is 6.23. The molecule has 0 radical (unpaired) electrons. The molecule has 0 unspecified atom stereocenters. The summed E-state index contributed by atoms with van der Waals surface area (Å²) in [5.41, 5.74) is 0. The Morgan fingerprint density at radius 3 is 1.63 bits per heavy atom. The Labute approximate surface area is 138 Å². The van der Waals surface area contributed by atoms with Gasteiger partial charge in [0.1, 0.15) is 0 Å². The van der Waals surface area contributed by atoms with Gasteiger partial charge in [0.05, 0.1) is 7.14 Å². The second kappa shape index (κ2) is 7.02. The maximum Gasteiger partial charge on any atom is 0.198 e. The van der Waals surface area contributed by atoms with E-state index in [1.54, 1.807) is 0 Å². The van der Waals surface area contributed by atoms with Crippen LogP contribution in [0.5, 0.6) is 0 Å². The molecule has 0 saturated heterocycles. The maximum absolute atomic E-state index is 12.6. The number of benzene rings is 1. The topological polar surface area (TPSA) is 20.7 Å². The number of aromatic amines is 1. The monoisotopic (exact) mass is 516 g/mol. The Balaban J connectivity index is 0.000000218. The van der Waals surface area contributed by atoms with Gasteiger partial charge in [-0.2, -0.15) is 0 Å². The first kappa shape index (κ1) is 16.9.